The summed E-state index contributed by atoms with van der Waals surface area (Å²) in [4.78, 5) is 11.3. The summed E-state index contributed by atoms with van der Waals surface area (Å²) in [7, 11) is 1.86. The number of aromatic nitrogens is 5. The fourth-order valence-electron chi connectivity index (χ4n) is 1.38. The van der Waals surface area contributed by atoms with Crippen molar-refractivity contribution in [3.8, 4) is 0 Å². The van der Waals surface area contributed by atoms with E-state index in [0.717, 1.165) is 12.0 Å². The van der Waals surface area contributed by atoms with Crippen LogP contribution in [0.1, 0.15) is 5.56 Å². The normalized spacial score (nSPS) is 10.7. The Morgan fingerprint density at radius 1 is 1.53 bits per heavy atom. The molecule has 0 amide bonds. The highest BCUT2D eigenvalue weighted by Crippen LogP contribution is 1.98. The third-order valence-corrected chi connectivity index (χ3v) is 2.47. The first-order valence-corrected chi connectivity index (χ1v) is 4.92. The maximum absolute atomic E-state index is 11.3. The Balaban J connectivity index is 2.11. The minimum Gasteiger partial charge on any atom is -0.276 e. The number of hydrogen-bond acceptors (Lipinski definition) is 3. The van der Waals surface area contributed by atoms with Crippen molar-refractivity contribution in [3.05, 3.63) is 33.2 Å². The van der Waals surface area contributed by atoms with Gasteiger partial charge < -0.3 is 0 Å². The molecule has 15 heavy (non-hydrogen) atoms. The molecule has 2 aromatic rings. The molecule has 0 spiro atoms. The van der Waals surface area contributed by atoms with Crippen molar-refractivity contribution in [3.63, 3.8) is 0 Å². The molecule has 0 fully saturated rings. The molecule has 2 rings (SSSR count). The molecule has 0 bridgehead atoms. The van der Waals surface area contributed by atoms with Crippen molar-refractivity contribution in [2.75, 3.05) is 0 Å². The Hall–Kier alpha value is -1.63. The molecular weight excluding hydrogens is 214 g/mol. The lowest BCUT2D eigenvalue weighted by molar-refractivity contribution is 0.662. The van der Waals surface area contributed by atoms with Gasteiger partial charge in [0.15, 0.2) is 4.77 Å². The first-order chi connectivity index (χ1) is 7.16. The van der Waals surface area contributed by atoms with E-state index < -0.39 is 0 Å². The molecule has 6 nitrogen and oxygen atoms in total. The zero-order valence-electron chi connectivity index (χ0n) is 8.23. The summed E-state index contributed by atoms with van der Waals surface area (Å²) in [6.07, 6.45) is 4.44. The van der Waals surface area contributed by atoms with E-state index in [1.54, 1.807) is 10.9 Å². The average Bonchev–Trinajstić information content (AvgIpc) is 2.73. The summed E-state index contributed by atoms with van der Waals surface area (Å²) < 4.78 is 3.64. The lowest BCUT2D eigenvalue weighted by atomic mass is 10.2. The number of nitrogens with zero attached hydrogens (tertiary/aromatic N) is 3. The van der Waals surface area contributed by atoms with Crippen LogP contribution < -0.4 is 5.69 Å². The van der Waals surface area contributed by atoms with Gasteiger partial charge in [0.05, 0.1) is 6.20 Å². The Morgan fingerprint density at radius 3 is 2.87 bits per heavy atom. The van der Waals surface area contributed by atoms with E-state index in [-0.39, 0.29) is 5.69 Å². The first-order valence-electron chi connectivity index (χ1n) is 4.52. The van der Waals surface area contributed by atoms with Crippen LogP contribution in [0.25, 0.3) is 0 Å². The summed E-state index contributed by atoms with van der Waals surface area (Å²) in [5.41, 5.74) is 0.879. The van der Waals surface area contributed by atoms with Crippen molar-refractivity contribution in [2.45, 2.75) is 13.0 Å². The average molecular weight is 225 g/mol. The van der Waals surface area contributed by atoms with Crippen molar-refractivity contribution in [1.82, 2.24) is 24.5 Å². The van der Waals surface area contributed by atoms with Gasteiger partial charge in [-0.05, 0) is 24.2 Å². The van der Waals surface area contributed by atoms with Gasteiger partial charge in [-0.15, -0.1) is 0 Å². The third-order valence-electron chi connectivity index (χ3n) is 2.15. The van der Waals surface area contributed by atoms with Gasteiger partial charge in [0.25, 0.3) is 0 Å². The highest BCUT2D eigenvalue weighted by Gasteiger charge is 2.01. The minimum absolute atomic E-state index is 0.205. The van der Waals surface area contributed by atoms with Crippen LogP contribution in [-0.2, 0) is 20.0 Å². The summed E-state index contributed by atoms with van der Waals surface area (Å²) in [5.74, 6) is 0. The van der Waals surface area contributed by atoms with Gasteiger partial charge in [-0.1, -0.05) is 0 Å². The van der Waals surface area contributed by atoms with Crippen LogP contribution in [0, 0.1) is 4.77 Å². The van der Waals surface area contributed by atoms with Gasteiger partial charge in [0, 0.05) is 19.8 Å². The molecule has 0 saturated carbocycles. The Bertz CT molecular complexity index is 532. The highest BCUT2D eigenvalue weighted by molar-refractivity contribution is 7.71. The van der Waals surface area contributed by atoms with Crippen molar-refractivity contribution in [2.24, 2.45) is 7.05 Å². The van der Waals surface area contributed by atoms with E-state index in [9.17, 15) is 4.79 Å². The standard InChI is InChI=1S/C8H11N5OS/c1-12-5-6(4-9-12)2-3-13-7(14)10-11-8(13)15/h4-5H,2-3H2,1H3,(H,10,14)(H,11,15). The molecule has 0 aliphatic rings. The van der Waals surface area contributed by atoms with Crippen molar-refractivity contribution < 1.29 is 0 Å². The van der Waals surface area contributed by atoms with Crippen LogP contribution >= 0.6 is 12.2 Å². The fraction of sp³-hybridized carbons (Fsp3) is 0.375. The van der Waals surface area contributed by atoms with Crippen LogP contribution in [0.15, 0.2) is 17.2 Å². The van der Waals surface area contributed by atoms with Gasteiger partial charge in [0.1, 0.15) is 0 Å². The van der Waals surface area contributed by atoms with E-state index in [1.165, 1.54) is 4.57 Å². The van der Waals surface area contributed by atoms with E-state index >= 15 is 0 Å². The Kier molecular flexibility index (Phi) is 2.55. The molecule has 80 valence electrons. The molecule has 0 aliphatic heterocycles. The van der Waals surface area contributed by atoms with Gasteiger partial charge >= 0.3 is 5.69 Å². The number of nitrogens with one attached hydrogen (secondary N) is 2. The van der Waals surface area contributed by atoms with E-state index in [2.05, 4.69) is 15.3 Å². The van der Waals surface area contributed by atoms with Crippen LogP contribution in [-0.4, -0.2) is 24.5 Å². The van der Waals surface area contributed by atoms with Crippen LogP contribution in [0.3, 0.4) is 0 Å². The van der Waals surface area contributed by atoms with Crippen molar-refractivity contribution in [1.29, 1.82) is 0 Å². The first kappa shape index (κ1) is 9.91. The maximum Gasteiger partial charge on any atom is 0.342 e. The predicted molar refractivity (Wildman–Crippen MR) is 57.1 cm³/mol. The minimum atomic E-state index is -0.205. The van der Waals surface area contributed by atoms with Crippen molar-refractivity contribution >= 4 is 12.2 Å². The molecule has 0 unspecified atom stereocenters. The lowest BCUT2D eigenvalue weighted by Crippen LogP contribution is -2.18. The zero-order chi connectivity index (χ0) is 10.8. The summed E-state index contributed by atoms with van der Waals surface area (Å²) in [6, 6.07) is 0. The smallest absolute Gasteiger partial charge is 0.276 e. The predicted octanol–water partition coefficient (Wildman–Crippen LogP) is 0.210. The second kappa shape index (κ2) is 3.85. The maximum atomic E-state index is 11.3. The topological polar surface area (TPSA) is 71.4 Å². The molecule has 0 aliphatic carbocycles. The Morgan fingerprint density at radius 2 is 2.33 bits per heavy atom. The molecule has 0 atom stereocenters. The Labute approximate surface area is 90.5 Å². The lowest BCUT2D eigenvalue weighted by Gasteiger charge is -1.97. The van der Waals surface area contributed by atoms with Gasteiger partial charge in [0.2, 0.25) is 0 Å². The SMILES string of the molecule is Cn1cc(CCn2c(=O)[nH][nH]c2=S)cn1. The second-order valence-electron chi connectivity index (χ2n) is 3.28. The van der Waals surface area contributed by atoms with Gasteiger partial charge in [-0.3, -0.25) is 14.3 Å². The largest absolute Gasteiger partial charge is 0.342 e. The molecule has 0 radical (unpaired) electrons. The van der Waals surface area contributed by atoms with Gasteiger partial charge in [-0.2, -0.15) is 5.10 Å². The molecule has 0 saturated heterocycles. The molecule has 7 heteroatoms. The van der Waals surface area contributed by atoms with Gasteiger partial charge in [-0.25, -0.2) is 9.89 Å². The summed E-state index contributed by atoms with van der Waals surface area (Å²) in [6.45, 7) is 0.559. The highest BCUT2D eigenvalue weighted by atomic mass is 32.1. The number of aryl methyl sites for hydroxylation is 2. The van der Waals surface area contributed by atoms with E-state index in [0.29, 0.717) is 11.3 Å². The number of H-pyrrole nitrogens is 2. The second-order valence-corrected chi connectivity index (χ2v) is 3.67. The van der Waals surface area contributed by atoms with E-state index in [4.69, 9.17) is 12.2 Å². The zero-order valence-corrected chi connectivity index (χ0v) is 9.04. The molecule has 2 N–H and O–H groups in total. The van der Waals surface area contributed by atoms with Crippen LogP contribution in [0.2, 0.25) is 0 Å². The van der Waals surface area contributed by atoms with Crippen LogP contribution in [0.4, 0.5) is 0 Å². The molecule has 2 heterocycles. The molecule has 2 aromatic heterocycles. The summed E-state index contributed by atoms with van der Waals surface area (Å²) >= 11 is 4.95. The van der Waals surface area contributed by atoms with Crippen LogP contribution in [0.5, 0.6) is 0 Å². The molecule has 0 aromatic carbocycles. The quantitative estimate of drug-likeness (QED) is 0.733. The number of hydrogen-bond donors (Lipinski definition) is 2. The summed E-state index contributed by atoms with van der Waals surface area (Å²) in [5, 5.41) is 9.08. The number of aromatic amines is 2. The molecular formula is C8H11N5OS. The fourth-order valence-corrected chi connectivity index (χ4v) is 1.60. The monoisotopic (exact) mass is 225 g/mol. The number of rotatable bonds is 3. The third kappa shape index (κ3) is 2.07. The van der Waals surface area contributed by atoms with E-state index in [1.807, 2.05) is 13.2 Å².